The highest BCUT2D eigenvalue weighted by Crippen LogP contribution is 2.18. The van der Waals surface area contributed by atoms with E-state index in [0.29, 0.717) is 29.4 Å². The van der Waals surface area contributed by atoms with Crippen LogP contribution in [-0.2, 0) is 12.8 Å². The molecule has 2 aromatic rings. The van der Waals surface area contributed by atoms with Crippen LogP contribution in [0.5, 0.6) is 0 Å². The maximum atomic E-state index is 10.8. The van der Waals surface area contributed by atoms with Crippen molar-refractivity contribution in [2.45, 2.75) is 19.8 Å². The van der Waals surface area contributed by atoms with Gasteiger partial charge in [0.05, 0.1) is 5.69 Å². The van der Waals surface area contributed by atoms with Gasteiger partial charge in [-0.15, -0.1) is 0 Å². The third-order valence-electron chi connectivity index (χ3n) is 2.60. The molecule has 1 aromatic carbocycles. The van der Waals surface area contributed by atoms with E-state index in [1.54, 1.807) is 6.92 Å². The van der Waals surface area contributed by atoms with Gasteiger partial charge in [0.1, 0.15) is 0 Å². The zero-order valence-electron chi connectivity index (χ0n) is 9.81. The van der Waals surface area contributed by atoms with E-state index < -0.39 is 5.97 Å². The molecule has 4 nitrogen and oxygen atoms in total. The van der Waals surface area contributed by atoms with E-state index >= 15 is 0 Å². The zero-order chi connectivity index (χ0) is 13.1. The van der Waals surface area contributed by atoms with E-state index in [2.05, 4.69) is 4.98 Å². The number of hydrogen-bond acceptors (Lipinski definition) is 3. The molecule has 0 unspecified atom stereocenters. The summed E-state index contributed by atoms with van der Waals surface area (Å²) in [4.78, 5) is 14.9. The third kappa shape index (κ3) is 2.71. The number of nitrogens with zero attached hydrogens (tertiary/aromatic N) is 1. The molecule has 0 saturated heterocycles. The molecule has 0 aliphatic heterocycles. The molecule has 1 heterocycles. The van der Waals surface area contributed by atoms with E-state index in [-0.39, 0.29) is 5.76 Å². The molecule has 5 heteroatoms. The minimum Gasteiger partial charge on any atom is -0.475 e. The number of aromatic nitrogens is 1. The Balaban J connectivity index is 2.09. The lowest BCUT2D eigenvalue weighted by Crippen LogP contribution is -1.95. The molecule has 0 radical (unpaired) electrons. The minimum absolute atomic E-state index is 0.0934. The average Bonchev–Trinajstić information content (AvgIpc) is 2.70. The van der Waals surface area contributed by atoms with Crippen LogP contribution in [0.25, 0.3) is 0 Å². The van der Waals surface area contributed by atoms with Crippen LogP contribution >= 0.6 is 11.6 Å². The van der Waals surface area contributed by atoms with Crippen molar-refractivity contribution >= 4 is 17.6 Å². The minimum atomic E-state index is -1.09. The monoisotopic (exact) mass is 265 g/mol. The lowest BCUT2D eigenvalue weighted by Gasteiger charge is -2.01. The number of carbonyl (C=O) groups is 1. The van der Waals surface area contributed by atoms with Gasteiger partial charge in [0.2, 0.25) is 5.76 Å². The summed E-state index contributed by atoms with van der Waals surface area (Å²) < 4.78 is 5.18. The van der Waals surface area contributed by atoms with Crippen LogP contribution in [0.3, 0.4) is 0 Å². The highest BCUT2D eigenvalue weighted by Gasteiger charge is 2.16. The van der Waals surface area contributed by atoms with Crippen molar-refractivity contribution in [1.29, 1.82) is 0 Å². The maximum absolute atomic E-state index is 10.8. The van der Waals surface area contributed by atoms with Crippen molar-refractivity contribution in [2.75, 3.05) is 0 Å². The standard InChI is InChI=1S/C13H12ClNO3/c1-8-12(13(16)17)18-11(15-8)7-6-9-4-2-3-5-10(9)14/h2-5H,6-7H2,1H3,(H,16,17). The van der Waals surface area contributed by atoms with Gasteiger partial charge in [-0.25, -0.2) is 9.78 Å². The molecule has 1 aromatic heterocycles. The molecule has 1 N–H and O–H groups in total. The number of rotatable bonds is 4. The molecule has 0 fully saturated rings. The summed E-state index contributed by atoms with van der Waals surface area (Å²) in [6, 6.07) is 7.52. The van der Waals surface area contributed by atoms with Crippen molar-refractivity contribution in [1.82, 2.24) is 4.98 Å². The average molecular weight is 266 g/mol. The van der Waals surface area contributed by atoms with Gasteiger partial charge in [0.15, 0.2) is 5.89 Å². The van der Waals surface area contributed by atoms with E-state index in [1.165, 1.54) is 0 Å². The fourth-order valence-electron chi connectivity index (χ4n) is 1.70. The predicted molar refractivity (Wildman–Crippen MR) is 67.1 cm³/mol. The van der Waals surface area contributed by atoms with Crippen LogP contribution in [0.15, 0.2) is 28.7 Å². The van der Waals surface area contributed by atoms with E-state index in [9.17, 15) is 4.79 Å². The van der Waals surface area contributed by atoms with Crippen LogP contribution < -0.4 is 0 Å². The first-order valence-electron chi connectivity index (χ1n) is 5.51. The molecule has 0 aliphatic carbocycles. The summed E-state index contributed by atoms with van der Waals surface area (Å²) in [6.45, 7) is 1.62. The number of carboxylic acids is 1. The van der Waals surface area contributed by atoms with Crippen molar-refractivity contribution in [3.05, 3.63) is 52.2 Å². The summed E-state index contributed by atoms with van der Waals surface area (Å²) in [6.07, 6.45) is 1.19. The fourth-order valence-corrected chi connectivity index (χ4v) is 1.93. The van der Waals surface area contributed by atoms with E-state index in [1.807, 2.05) is 24.3 Å². The number of hydrogen-bond donors (Lipinski definition) is 1. The van der Waals surface area contributed by atoms with Crippen LogP contribution in [0.1, 0.15) is 27.7 Å². The lowest BCUT2D eigenvalue weighted by molar-refractivity contribution is 0.0659. The molecule has 18 heavy (non-hydrogen) atoms. The normalized spacial score (nSPS) is 10.6. The summed E-state index contributed by atoms with van der Waals surface area (Å²) in [5, 5.41) is 9.55. The number of oxazole rings is 1. The van der Waals surface area contributed by atoms with Gasteiger partial charge in [-0.2, -0.15) is 0 Å². The first-order chi connectivity index (χ1) is 8.58. The Kier molecular flexibility index (Phi) is 3.67. The molecule has 0 amide bonds. The van der Waals surface area contributed by atoms with Crippen molar-refractivity contribution < 1.29 is 14.3 Å². The van der Waals surface area contributed by atoms with Gasteiger partial charge in [-0.05, 0) is 25.0 Å². The molecule has 0 spiro atoms. The molecule has 0 aliphatic rings. The highest BCUT2D eigenvalue weighted by molar-refractivity contribution is 6.31. The molecule has 0 bridgehead atoms. The number of aryl methyl sites for hydroxylation is 3. The van der Waals surface area contributed by atoms with Crippen LogP contribution in [0.2, 0.25) is 5.02 Å². The SMILES string of the molecule is Cc1nc(CCc2ccccc2Cl)oc1C(=O)O. The lowest BCUT2D eigenvalue weighted by atomic mass is 10.1. The Morgan fingerprint density at radius 2 is 2.11 bits per heavy atom. The van der Waals surface area contributed by atoms with Gasteiger partial charge in [-0.1, -0.05) is 29.8 Å². The predicted octanol–water partition coefficient (Wildman–Crippen LogP) is 3.12. The van der Waals surface area contributed by atoms with E-state index in [0.717, 1.165) is 5.56 Å². The third-order valence-corrected chi connectivity index (χ3v) is 2.97. The molecule has 94 valence electrons. The van der Waals surface area contributed by atoms with E-state index in [4.69, 9.17) is 21.1 Å². The van der Waals surface area contributed by atoms with Crippen LogP contribution in [0.4, 0.5) is 0 Å². The Morgan fingerprint density at radius 1 is 1.39 bits per heavy atom. The highest BCUT2D eigenvalue weighted by atomic mass is 35.5. The number of halogens is 1. The van der Waals surface area contributed by atoms with Gasteiger partial charge in [0.25, 0.3) is 0 Å². The molecular formula is C13H12ClNO3. The summed E-state index contributed by atoms with van der Waals surface area (Å²) in [5.74, 6) is -0.766. The van der Waals surface area contributed by atoms with Gasteiger partial charge >= 0.3 is 5.97 Å². The maximum Gasteiger partial charge on any atom is 0.373 e. The van der Waals surface area contributed by atoms with Crippen LogP contribution in [0, 0.1) is 6.92 Å². The second-order valence-electron chi connectivity index (χ2n) is 3.92. The molecule has 2 rings (SSSR count). The Labute approximate surface area is 109 Å². The van der Waals surface area contributed by atoms with Gasteiger partial charge in [-0.3, -0.25) is 0 Å². The molecular weight excluding hydrogens is 254 g/mol. The molecule has 0 atom stereocenters. The summed E-state index contributed by atoms with van der Waals surface area (Å²) in [5.41, 5.74) is 1.39. The number of benzene rings is 1. The second kappa shape index (κ2) is 5.23. The zero-order valence-corrected chi connectivity index (χ0v) is 10.6. The van der Waals surface area contributed by atoms with Gasteiger partial charge < -0.3 is 9.52 Å². The number of aromatic carboxylic acids is 1. The fraction of sp³-hybridized carbons (Fsp3) is 0.231. The summed E-state index contributed by atoms with van der Waals surface area (Å²) >= 11 is 6.03. The van der Waals surface area contributed by atoms with Crippen molar-refractivity contribution in [2.24, 2.45) is 0 Å². The topological polar surface area (TPSA) is 63.3 Å². The Morgan fingerprint density at radius 3 is 2.72 bits per heavy atom. The van der Waals surface area contributed by atoms with Crippen LogP contribution in [-0.4, -0.2) is 16.1 Å². The summed E-state index contributed by atoms with van der Waals surface area (Å²) in [7, 11) is 0. The first-order valence-corrected chi connectivity index (χ1v) is 5.88. The molecule has 0 saturated carbocycles. The Bertz CT molecular complexity index is 577. The first kappa shape index (κ1) is 12.6. The Hall–Kier alpha value is -1.81. The van der Waals surface area contributed by atoms with Crippen molar-refractivity contribution in [3.8, 4) is 0 Å². The smallest absolute Gasteiger partial charge is 0.373 e. The van der Waals surface area contributed by atoms with Crippen molar-refractivity contribution in [3.63, 3.8) is 0 Å². The second-order valence-corrected chi connectivity index (χ2v) is 4.33. The van der Waals surface area contributed by atoms with Gasteiger partial charge in [0, 0.05) is 11.4 Å². The number of carboxylic acid groups (broad SMARTS) is 1. The largest absolute Gasteiger partial charge is 0.475 e. The quantitative estimate of drug-likeness (QED) is 0.922.